The second-order valence-corrected chi connectivity index (χ2v) is 7.05. The molecule has 8 heteroatoms. The predicted octanol–water partition coefficient (Wildman–Crippen LogP) is 2.26. The van der Waals surface area contributed by atoms with Crippen molar-refractivity contribution in [1.29, 1.82) is 0 Å². The molecule has 1 aliphatic heterocycles. The second kappa shape index (κ2) is 10.1. The Hall–Kier alpha value is -1.60. The van der Waals surface area contributed by atoms with Gasteiger partial charge >= 0.3 is 0 Å². The van der Waals surface area contributed by atoms with E-state index in [1.165, 1.54) is 0 Å². The van der Waals surface area contributed by atoms with Crippen LogP contribution in [-0.2, 0) is 6.54 Å². The van der Waals surface area contributed by atoms with E-state index >= 15 is 0 Å². The van der Waals surface area contributed by atoms with Crippen molar-refractivity contribution in [3.05, 3.63) is 51.8 Å². The quantitative estimate of drug-likeness (QED) is 0.764. The van der Waals surface area contributed by atoms with E-state index in [1.54, 1.807) is 0 Å². The number of halogens is 2. The Bertz CT molecular complexity index is 771. The first kappa shape index (κ1) is 21.7. The summed E-state index contributed by atoms with van der Waals surface area (Å²) in [5, 5.41) is 11.6. The van der Waals surface area contributed by atoms with Gasteiger partial charge in [0, 0.05) is 50.0 Å². The van der Waals surface area contributed by atoms with Gasteiger partial charge in [-0.3, -0.25) is 14.4 Å². The molecule has 1 amide bonds. The zero-order valence-electron chi connectivity index (χ0n) is 15.8. The number of benzene rings is 1. The molecule has 0 bridgehead atoms. The Morgan fingerprint density at radius 1 is 1.26 bits per heavy atom. The lowest BCUT2D eigenvalue weighted by atomic mass is 10.1. The molecule has 0 spiro atoms. The molecule has 0 radical (unpaired) electrons. The first-order chi connectivity index (χ1) is 12.6. The molecule has 0 atom stereocenters. The van der Waals surface area contributed by atoms with Crippen LogP contribution in [0, 0.1) is 13.8 Å². The van der Waals surface area contributed by atoms with Crippen LogP contribution in [-0.4, -0.2) is 59.9 Å². The molecule has 1 saturated heterocycles. The molecule has 1 aliphatic rings. The van der Waals surface area contributed by atoms with E-state index in [1.807, 2.05) is 42.8 Å². The number of piperazine rings is 1. The predicted molar refractivity (Wildman–Crippen MR) is 111 cm³/mol. The Kier molecular flexibility index (Phi) is 8.10. The summed E-state index contributed by atoms with van der Waals surface area (Å²) in [4.78, 5) is 15.0. The summed E-state index contributed by atoms with van der Waals surface area (Å²) >= 11 is 6.25. The molecule has 1 aromatic heterocycles. The largest absolute Gasteiger partial charge is 0.351 e. The number of nitrogens with zero attached hydrogens (tertiary/aromatic N) is 3. The van der Waals surface area contributed by atoms with E-state index in [2.05, 4.69) is 20.6 Å². The Labute approximate surface area is 171 Å². The van der Waals surface area contributed by atoms with Crippen LogP contribution in [0.15, 0.2) is 24.3 Å². The maximum atomic E-state index is 12.6. The number of hydrogen-bond donors (Lipinski definition) is 2. The van der Waals surface area contributed by atoms with Crippen LogP contribution in [0.25, 0.3) is 0 Å². The molecule has 0 aliphatic carbocycles. The van der Waals surface area contributed by atoms with Crippen molar-refractivity contribution < 1.29 is 4.79 Å². The van der Waals surface area contributed by atoms with Gasteiger partial charge in [0.1, 0.15) is 0 Å². The summed E-state index contributed by atoms with van der Waals surface area (Å²) in [5.41, 5.74) is 3.26. The number of rotatable bonds is 6. The van der Waals surface area contributed by atoms with E-state index in [4.69, 9.17) is 11.6 Å². The van der Waals surface area contributed by atoms with Gasteiger partial charge in [0.25, 0.3) is 5.91 Å². The topological polar surface area (TPSA) is 62.2 Å². The fraction of sp³-hybridized carbons (Fsp3) is 0.474. The van der Waals surface area contributed by atoms with Crippen molar-refractivity contribution in [2.75, 3.05) is 39.3 Å². The summed E-state index contributed by atoms with van der Waals surface area (Å²) in [6.07, 6.45) is 0. The molecular formula is C19H27Cl2N5O. The molecule has 0 unspecified atom stereocenters. The van der Waals surface area contributed by atoms with E-state index in [0.29, 0.717) is 23.7 Å². The lowest BCUT2D eigenvalue weighted by Crippen LogP contribution is -2.46. The van der Waals surface area contributed by atoms with Gasteiger partial charge in [-0.15, -0.1) is 12.4 Å². The minimum absolute atomic E-state index is 0. The van der Waals surface area contributed by atoms with Crippen molar-refractivity contribution in [2.24, 2.45) is 0 Å². The summed E-state index contributed by atoms with van der Waals surface area (Å²) in [6.45, 7) is 9.98. The van der Waals surface area contributed by atoms with Crippen LogP contribution in [0.1, 0.15) is 27.3 Å². The van der Waals surface area contributed by atoms with Gasteiger partial charge in [-0.1, -0.05) is 29.8 Å². The molecule has 2 N–H and O–H groups in total. The number of amides is 1. The highest BCUT2D eigenvalue weighted by atomic mass is 35.5. The SMILES string of the molecule is Cc1nn(Cc2ccccc2Cl)c(C)c1C(=O)NCCN1CCNCC1.Cl. The average molecular weight is 412 g/mol. The third-order valence-electron chi connectivity index (χ3n) is 4.81. The molecule has 6 nitrogen and oxygen atoms in total. The van der Waals surface area contributed by atoms with Gasteiger partial charge in [0.05, 0.1) is 17.8 Å². The van der Waals surface area contributed by atoms with Crippen LogP contribution in [0.4, 0.5) is 0 Å². The van der Waals surface area contributed by atoms with Gasteiger partial charge < -0.3 is 10.6 Å². The van der Waals surface area contributed by atoms with Crippen LogP contribution >= 0.6 is 24.0 Å². The maximum absolute atomic E-state index is 12.6. The standard InChI is InChI=1S/C19H26ClN5O.ClH/c1-14-18(19(26)22-9-12-24-10-7-21-8-11-24)15(2)25(23-14)13-16-5-3-4-6-17(16)20;/h3-6,21H,7-13H2,1-2H3,(H,22,26);1H. The van der Waals surface area contributed by atoms with Crippen molar-refractivity contribution >= 4 is 29.9 Å². The highest BCUT2D eigenvalue weighted by Crippen LogP contribution is 2.19. The van der Waals surface area contributed by atoms with Crippen molar-refractivity contribution in [2.45, 2.75) is 20.4 Å². The molecular weight excluding hydrogens is 385 g/mol. The molecule has 1 fully saturated rings. The first-order valence-corrected chi connectivity index (χ1v) is 9.42. The summed E-state index contributed by atoms with van der Waals surface area (Å²) in [6, 6.07) is 7.71. The second-order valence-electron chi connectivity index (χ2n) is 6.64. The molecule has 3 rings (SSSR count). The molecule has 2 aromatic rings. The third kappa shape index (κ3) is 5.45. The summed E-state index contributed by atoms with van der Waals surface area (Å²) < 4.78 is 1.85. The average Bonchev–Trinajstić information content (AvgIpc) is 2.91. The Morgan fingerprint density at radius 3 is 2.67 bits per heavy atom. The normalized spacial score (nSPS) is 14.6. The zero-order chi connectivity index (χ0) is 18.5. The lowest BCUT2D eigenvalue weighted by molar-refractivity contribution is 0.0946. The van der Waals surface area contributed by atoms with Crippen molar-refractivity contribution in [3.8, 4) is 0 Å². The minimum atomic E-state index is -0.0551. The van der Waals surface area contributed by atoms with Crippen molar-refractivity contribution in [1.82, 2.24) is 25.3 Å². The third-order valence-corrected chi connectivity index (χ3v) is 5.18. The molecule has 148 valence electrons. The van der Waals surface area contributed by atoms with Crippen molar-refractivity contribution in [3.63, 3.8) is 0 Å². The van der Waals surface area contributed by atoms with E-state index in [-0.39, 0.29) is 18.3 Å². The number of carbonyl (C=O) groups is 1. The number of carbonyl (C=O) groups excluding carboxylic acids is 1. The van der Waals surface area contributed by atoms with Gasteiger partial charge in [-0.05, 0) is 25.5 Å². The van der Waals surface area contributed by atoms with E-state index < -0.39 is 0 Å². The lowest BCUT2D eigenvalue weighted by Gasteiger charge is -2.27. The molecule has 0 saturated carbocycles. The zero-order valence-corrected chi connectivity index (χ0v) is 17.4. The smallest absolute Gasteiger partial charge is 0.255 e. The minimum Gasteiger partial charge on any atom is -0.351 e. The van der Waals surface area contributed by atoms with Crippen LogP contribution in [0.5, 0.6) is 0 Å². The number of aromatic nitrogens is 2. The highest BCUT2D eigenvalue weighted by Gasteiger charge is 2.19. The van der Waals surface area contributed by atoms with Gasteiger partial charge in [0.2, 0.25) is 0 Å². The van der Waals surface area contributed by atoms with Crippen LogP contribution in [0.2, 0.25) is 5.02 Å². The molecule has 27 heavy (non-hydrogen) atoms. The summed E-state index contributed by atoms with van der Waals surface area (Å²) in [5.74, 6) is -0.0551. The van der Waals surface area contributed by atoms with Crippen LogP contribution in [0.3, 0.4) is 0 Å². The van der Waals surface area contributed by atoms with E-state index in [0.717, 1.165) is 49.7 Å². The first-order valence-electron chi connectivity index (χ1n) is 9.05. The Morgan fingerprint density at radius 2 is 1.96 bits per heavy atom. The number of hydrogen-bond acceptors (Lipinski definition) is 4. The number of nitrogens with one attached hydrogen (secondary N) is 2. The highest BCUT2D eigenvalue weighted by molar-refractivity contribution is 6.31. The van der Waals surface area contributed by atoms with Crippen LogP contribution < -0.4 is 10.6 Å². The maximum Gasteiger partial charge on any atom is 0.255 e. The molecule has 2 heterocycles. The Balaban J connectivity index is 0.00000261. The number of aryl methyl sites for hydroxylation is 1. The van der Waals surface area contributed by atoms with Gasteiger partial charge in [-0.2, -0.15) is 5.10 Å². The van der Waals surface area contributed by atoms with Gasteiger partial charge in [0.15, 0.2) is 0 Å². The van der Waals surface area contributed by atoms with Gasteiger partial charge in [-0.25, -0.2) is 0 Å². The monoisotopic (exact) mass is 411 g/mol. The summed E-state index contributed by atoms with van der Waals surface area (Å²) in [7, 11) is 0. The fourth-order valence-electron chi connectivity index (χ4n) is 3.32. The molecule has 1 aromatic carbocycles. The van der Waals surface area contributed by atoms with E-state index in [9.17, 15) is 4.79 Å². The fourth-order valence-corrected chi connectivity index (χ4v) is 3.51.